The van der Waals surface area contributed by atoms with Crippen LogP contribution in [0.4, 0.5) is 0 Å². The molecule has 8 heavy (non-hydrogen) atoms. The van der Waals surface area contributed by atoms with Crippen LogP contribution in [0, 0.1) is 10.7 Å². The topological polar surface area (TPSA) is 23.8 Å². The molecule has 0 saturated heterocycles. The Morgan fingerprint density at radius 1 is 1.25 bits per heavy atom. The predicted octanol–water partition coefficient (Wildman–Crippen LogP) is 0.720. The van der Waals surface area contributed by atoms with Crippen molar-refractivity contribution in [1.82, 2.24) is 0 Å². The third-order valence-electron chi connectivity index (χ3n) is 0. The van der Waals surface area contributed by atoms with Crippen molar-refractivity contribution in [2.45, 2.75) is 0 Å². The molecule has 0 aromatic heterocycles. The Morgan fingerprint density at radius 3 is 1.25 bits per heavy atom. The minimum atomic E-state index is 1.00. The van der Waals surface area contributed by atoms with Crippen LogP contribution < -0.4 is 0 Å². The first-order chi connectivity index (χ1) is 3.41. The zero-order valence-corrected chi connectivity index (χ0v) is 6.74. The number of nitrogens with zero attached hydrogens (tertiary/aromatic N) is 2. The lowest BCUT2D eigenvalue weighted by Gasteiger charge is -2.14. The van der Waals surface area contributed by atoms with Gasteiger partial charge in [0, 0.05) is 0 Å². The summed E-state index contributed by atoms with van der Waals surface area (Å²) in [6.45, 7) is 0. The van der Waals surface area contributed by atoms with E-state index in [2.05, 4.69) is 40.8 Å². The fraction of sp³-hybridized carbons (Fsp3) is 0.800. The highest BCUT2D eigenvalue weighted by molar-refractivity contribution is 7.85. The maximum absolute atomic E-state index is 7.18. The Labute approximate surface area is 56.7 Å². The molecule has 0 saturated carbocycles. The summed E-state index contributed by atoms with van der Waals surface area (Å²) < 4.78 is 1.00. The van der Waals surface area contributed by atoms with E-state index in [1.807, 2.05) is 0 Å². The highest BCUT2D eigenvalue weighted by Crippen LogP contribution is 1.73. The molecule has 0 rings (SSSR count). The Kier molecular flexibility index (Phi) is 6.63. The summed E-state index contributed by atoms with van der Waals surface area (Å²) in [7, 11) is 8.50. The molecule has 0 aliphatic heterocycles. The number of rotatable bonds is 0. The number of hydrogen-bond donors (Lipinski definition) is 1. The quantitative estimate of drug-likeness (QED) is 0.294. The monoisotopic (exact) mass is 133 g/mol. The van der Waals surface area contributed by atoms with Crippen LogP contribution in [0.25, 0.3) is 0 Å². The average Bonchev–Trinajstić information content (AvgIpc) is 1.27. The number of nitriles is 1. The summed E-state index contributed by atoms with van der Waals surface area (Å²) in [4.78, 5) is 0. The first-order valence-corrected chi connectivity index (χ1v) is 2.68. The molecule has 0 atom stereocenters. The van der Waals surface area contributed by atoms with Gasteiger partial charge in [0.15, 0.2) is 0 Å². The van der Waals surface area contributed by atoms with Crippen molar-refractivity contribution in [2.24, 2.45) is 0 Å². The Balaban J connectivity index is 0. The molecule has 0 N–H and O–H groups in total. The van der Waals surface area contributed by atoms with Crippen molar-refractivity contribution in [1.29, 1.82) is 5.26 Å². The summed E-state index contributed by atoms with van der Waals surface area (Å²) in [6.07, 6.45) is 0. The molecule has 0 heterocycles. The van der Waals surface area contributed by atoms with Crippen molar-refractivity contribution in [3.63, 3.8) is 0 Å². The van der Waals surface area contributed by atoms with Crippen LogP contribution in [0.2, 0.25) is 0 Å². The van der Waals surface area contributed by atoms with Gasteiger partial charge in [-0.25, -0.2) is 0 Å². The van der Waals surface area contributed by atoms with E-state index in [9.17, 15) is 0 Å². The van der Waals surface area contributed by atoms with Gasteiger partial charge in [-0.1, -0.05) is 12.6 Å². The summed E-state index contributed by atoms with van der Waals surface area (Å²) in [5.74, 6) is 0. The first-order valence-electron chi connectivity index (χ1n) is 2.24. The van der Waals surface area contributed by atoms with E-state index in [0.717, 1.165) is 4.48 Å². The van der Waals surface area contributed by atoms with Crippen LogP contribution >= 0.6 is 12.6 Å². The van der Waals surface area contributed by atoms with E-state index in [0.29, 0.717) is 0 Å². The van der Waals surface area contributed by atoms with Crippen molar-refractivity contribution >= 4 is 12.6 Å². The maximum atomic E-state index is 7.18. The molecule has 0 unspecified atom stereocenters. The number of quaternary nitrogens is 1. The van der Waals surface area contributed by atoms with Crippen LogP contribution in [0.1, 0.15) is 0 Å². The Morgan fingerprint density at radius 2 is 1.25 bits per heavy atom. The van der Waals surface area contributed by atoms with Crippen molar-refractivity contribution in [3.8, 4) is 5.40 Å². The summed E-state index contributed by atoms with van der Waals surface area (Å²) in [6, 6.07) is 0. The molecule has 3 heteroatoms. The van der Waals surface area contributed by atoms with Crippen molar-refractivity contribution in [2.75, 3.05) is 28.2 Å². The lowest BCUT2D eigenvalue weighted by atomic mass is 10.8. The second kappa shape index (κ2) is 4.95. The van der Waals surface area contributed by atoms with Crippen LogP contribution in [-0.4, -0.2) is 32.7 Å². The number of thiol groups is 1. The summed E-state index contributed by atoms with van der Waals surface area (Å²) in [5.41, 5.74) is 0. The van der Waals surface area contributed by atoms with E-state index >= 15 is 0 Å². The van der Waals surface area contributed by atoms with Crippen LogP contribution in [0.15, 0.2) is 0 Å². The second-order valence-electron chi connectivity index (χ2n) is 2.78. The lowest BCUT2D eigenvalue weighted by molar-refractivity contribution is -0.849. The largest absolute Gasteiger partial charge is 0.333 e. The molecule has 0 aromatic carbocycles. The molecule has 0 spiro atoms. The van der Waals surface area contributed by atoms with E-state index in [1.54, 1.807) is 0 Å². The van der Waals surface area contributed by atoms with Gasteiger partial charge in [-0.15, -0.1) is 0 Å². The SMILES string of the molecule is C[N+](C)(C)C.N#CS. The predicted molar refractivity (Wildman–Crippen MR) is 38.6 cm³/mol. The van der Waals surface area contributed by atoms with Crippen molar-refractivity contribution < 1.29 is 4.48 Å². The van der Waals surface area contributed by atoms with Gasteiger partial charge < -0.3 is 4.48 Å². The van der Waals surface area contributed by atoms with Crippen molar-refractivity contribution in [3.05, 3.63) is 0 Å². The highest BCUT2D eigenvalue weighted by atomic mass is 32.1. The Bertz CT molecular complexity index is 71.4. The third-order valence-corrected chi connectivity index (χ3v) is 0. The molecule has 0 bridgehead atoms. The number of thiocyanates is 1. The van der Waals surface area contributed by atoms with E-state index in [-0.39, 0.29) is 0 Å². The first kappa shape index (κ1) is 10.7. The fourth-order valence-corrected chi connectivity index (χ4v) is 0. The minimum Gasteiger partial charge on any atom is -0.333 e. The fourth-order valence-electron chi connectivity index (χ4n) is 0. The molecule has 0 aromatic rings. The van der Waals surface area contributed by atoms with E-state index in [1.165, 1.54) is 5.40 Å². The lowest BCUT2D eigenvalue weighted by Crippen LogP contribution is -2.27. The van der Waals surface area contributed by atoms with Gasteiger partial charge in [-0.2, -0.15) is 5.26 Å². The molecule has 48 valence electrons. The second-order valence-corrected chi connectivity index (χ2v) is 2.98. The molecule has 2 nitrogen and oxygen atoms in total. The standard InChI is InChI=1S/C4H12N.CHNS/c1-5(2,3)4;2-1-3/h1-4H3;3H/q+1;. The van der Waals surface area contributed by atoms with Crippen LogP contribution in [-0.2, 0) is 0 Å². The van der Waals surface area contributed by atoms with E-state index < -0.39 is 0 Å². The van der Waals surface area contributed by atoms with Gasteiger partial charge in [0.2, 0.25) is 0 Å². The zero-order chi connectivity index (χ0) is 7.21. The Hall–Kier alpha value is -0.200. The van der Waals surface area contributed by atoms with E-state index in [4.69, 9.17) is 5.26 Å². The summed E-state index contributed by atoms with van der Waals surface area (Å²) in [5, 5.41) is 8.63. The number of hydrogen-bond acceptors (Lipinski definition) is 2. The molecule has 0 aliphatic rings. The molecule has 0 aliphatic carbocycles. The van der Waals surface area contributed by atoms with Gasteiger partial charge in [0.05, 0.1) is 28.2 Å². The average molecular weight is 133 g/mol. The molecule has 0 radical (unpaired) electrons. The summed E-state index contributed by atoms with van der Waals surface area (Å²) >= 11 is 3.09. The van der Waals surface area contributed by atoms with Gasteiger partial charge in [0.1, 0.15) is 5.40 Å². The van der Waals surface area contributed by atoms with Crippen LogP contribution in [0.5, 0.6) is 0 Å². The van der Waals surface area contributed by atoms with Gasteiger partial charge >= 0.3 is 0 Å². The van der Waals surface area contributed by atoms with Gasteiger partial charge in [0.25, 0.3) is 0 Å². The normalized spacial score (nSPS) is 8.50. The molecular formula is C5H13N2S+. The molecule has 0 fully saturated rings. The van der Waals surface area contributed by atoms with Gasteiger partial charge in [-0.3, -0.25) is 0 Å². The minimum absolute atomic E-state index is 1.00. The van der Waals surface area contributed by atoms with Gasteiger partial charge in [-0.05, 0) is 0 Å². The highest BCUT2D eigenvalue weighted by Gasteiger charge is 1.88. The molecule has 0 amide bonds. The third kappa shape index (κ3) is 3340. The smallest absolute Gasteiger partial charge is 0.130 e. The van der Waals surface area contributed by atoms with Crippen LogP contribution in [0.3, 0.4) is 0 Å². The molecular weight excluding hydrogens is 120 g/mol. The maximum Gasteiger partial charge on any atom is 0.130 e. The zero-order valence-electron chi connectivity index (χ0n) is 5.84.